The van der Waals surface area contributed by atoms with Gasteiger partial charge in [-0.3, -0.25) is 0 Å². The van der Waals surface area contributed by atoms with Crippen molar-refractivity contribution in [2.45, 2.75) is 19.1 Å². The standard InChI is InChI=1S/C15H19NO3/c1-11-4-6-12(7-5-11)13(17)9-16-10-14(18)15-3-2-8-19-15/h2-8,13-14,16-18H,9-10H2,1H3. The van der Waals surface area contributed by atoms with Crippen LogP contribution in [0.1, 0.15) is 29.1 Å². The first-order valence-corrected chi connectivity index (χ1v) is 6.33. The molecule has 0 aliphatic heterocycles. The van der Waals surface area contributed by atoms with Crippen LogP contribution >= 0.6 is 0 Å². The maximum Gasteiger partial charge on any atom is 0.133 e. The average molecular weight is 261 g/mol. The van der Waals surface area contributed by atoms with E-state index in [4.69, 9.17) is 4.42 Å². The minimum Gasteiger partial charge on any atom is -0.467 e. The van der Waals surface area contributed by atoms with E-state index in [1.807, 2.05) is 31.2 Å². The Balaban J connectivity index is 1.77. The fraction of sp³-hybridized carbons (Fsp3) is 0.333. The Bertz CT molecular complexity index is 479. The van der Waals surface area contributed by atoms with Crippen LogP contribution in [0.25, 0.3) is 0 Å². The van der Waals surface area contributed by atoms with Crippen LogP contribution in [0.4, 0.5) is 0 Å². The zero-order valence-electron chi connectivity index (χ0n) is 10.9. The van der Waals surface area contributed by atoms with Crippen molar-refractivity contribution in [3.63, 3.8) is 0 Å². The van der Waals surface area contributed by atoms with E-state index in [1.165, 1.54) is 6.26 Å². The maximum atomic E-state index is 9.99. The van der Waals surface area contributed by atoms with Gasteiger partial charge in [-0.05, 0) is 24.6 Å². The highest BCUT2D eigenvalue weighted by molar-refractivity contribution is 5.23. The fourth-order valence-electron chi connectivity index (χ4n) is 1.84. The molecule has 0 aliphatic rings. The third-order valence-corrected chi connectivity index (χ3v) is 3.01. The molecule has 0 aliphatic carbocycles. The monoisotopic (exact) mass is 261 g/mol. The molecule has 2 aromatic rings. The van der Waals surface area contributed by atoms with Crippen LogP contribution < -0.4 is 5.32 Å². The van der Waals surface area contributed by atoms with Crippen LogP contribution in [0.5, 0.6) is 0 Å². The second-order valence-corrected chi connectivity index (χ2v) is 4.62. The number of aliphatic hydroxyl groups excluding tert-OH is 2. The molecule has 2 unspecified atom stereocenters. The summed E-state index contributed by atoms with van der Waals surface area (Å²) in [7, 11) is 0. The minimum atomic E-state index is -0.694. The molecule has 0 radical (unpaired) electrons. The first-order chi connectivity index (χ1) is 9.16. The molecule has 0 amide bonds. The third-order valence-electron chi connectivity index (χ3n) is 3.01. The second-order valence-electron chi connectivity index (χ2n) is 4.62. The zero-order chi connectivity index (χ0) is 13.7. The van der Waals surface area contributed by atoms with Gasteiger partial charge in [0.1, 0.15) is 11.9 Å². The number of aryl methyl sites for hydroxylation is 1. The predicted octanol–water partition coefficient (Wildman–Crippen LogP) is 1.94. The summed E-state index contributed by atoms with van der Waals surface area (Å²) in [4.78, 5) is 0. The molecule has 0 bridgehead atoms. The summed E-state index contributed by atoms with van der Waals surface area (Å²) < 4.78 is 5.10. The Morgan fingerprint density at radius 3 is 2.37 bits per heavy atom. The van der Waals surface area contributed by atoms with Gasteiger partial charge in [0.2, 0.25) is 0 Å². The molecule has 102 valence electrons. The SMILES string of the molecule is Cc1ccc(C(O)CNCC(O)c2ccco2)cc1. The van der Waals surface area contributed by atoms with Gasteiger partial charge in [0.05, 0.1) is 12.4 Å². The van der Waals surface area contributed by atoms with Crippen LogP contribution in [0, 0.1) is 6.92 Å². The van der Waals surface area contributed by atoms with Crippen molar-refractivity contribution >= 4 is 0 Å². The van der Waals surface area contributed by atoms with Crippen molar-refractivity contribution in [1.82, 2.24) is 5.32 Å². The summed E-state index contributed by atoms with van der Waals surface area (Å²) >= 11 is 0. The predicted molar refractivity (Wildman–Crippen MR) is 72.7 cm³/mol. The number of benzene rings is 1. The number of hydrogen-bond donors (Lipinski definition) is 3. The fourth-order valence-corrected chi connectivity index (χ4v) is 1.84. The summed E-state index contributed by atoms with van der Waals surface area (Å²) in [5.74, 6) is 0.525. The summed E-state index contributed by atoms with van der Waals surface area (Å²) in [5, 5.41) is 22.8. The van der Waals surface area contributed by atoms with Crippen molar-refractivity contribution in [1.29, 1.82) is 0 Å². The molecular formula is C15H19NO3. The van der Waals surface area contributed by atoms with Crippen molar-refractivity contribution in [3.05, 3.63) is 59.5 Å². The van der Waals surface area contributed by atoms with Gasteiger partial charge in [-0.2, -0.15) is 0 Å². The number of furan rings is 1. The van der Waals surface area contributed by atoms with Crippen LogP contribution in [0.15, 0.2) is 47.1 Å². The Kier molecular flexibility index (Phi) is 4.74. The molecule has 2 atom stereocenters. The molecule has 1 heterocycles. The number of hydrogen-bond acceptors (Lipinski definition) is 4. The Morgan fingerprint density at radius 1 is 1.05 bits per heavy atom. The highest BCUT2D eigenvalue weighted by atomic mass is 16.4. The third kappa shape index (κ3) is 3.92. The van der Waals surface area contributed by atoms with E-state index in [0.29, 0.717) is 18.8 Å². The van der Waals surface area contributed by atoms with E-state index in [-0.39, 0.29) is 0 Å². The number of aliphatic hydroxyl groups is 2. The lowest BCUT2D eigenvalue weighted by Crippen LogP contribution is -2.26. The van der Waals surface area contributed by atoms with E-state index in [9.17, 15) is 10.2 Å². The second kappa shape index (κ2) is 6.52. The molecular weight excluding hydrogens is 242 g/mol. The summed E-state index contributed by atoms with van der Waals surface area (Å²) in [5.41, 5.74) is 2.03. The number of nitrogens with one attached hydrogen (secondary N) is 1. The quantitative estimate of drug-likeness (QED) is 0.743. The van der Waals surface area contributed by atoms with Gasteiger partial charge < -0.3 is 19.9 Å². The largest absolute Gasteiger partial charge is 0.467 e. The molecule has 19 heavy (non-hydrogen) atoms. The van der Waals surface area contributed by atoms with E-state index in [0.717, 1.165) is 11.1 Å². The Morgan fingerprint density at radius 2 is 1.74 bits per heavy atom. The van der Waals surface area contributed by atoms with Crippen LogP contribution in [0.2, 0.25) is 0 Å². The Labute approximate surface area is 112 Å². The van der Waals surface area contributed by atoms with E-state index in [1.54, 1.807) is 12.1 Å². The highest BCUT2D eigenvalue weighted by Crippen LogP contribution is 2.14. The topological polar surface area (TPSA) is 65.6 Å². The van der Waals surface area contributed by atoms with Crippen molar-refractivity contribution in [3.8, 4) is 0 Å². The lowest BCUT2D eigenvalue weighted by atomic mass is 10.1. The summed E-state index contributed by atoms with van der Waals surface area (Å²) in [6.45, 7) is 2.74. The van der Waals surface area contributed by atoms with Gasteiger partial charge in [0, 0.05) is 13.1 Å². The van der Waals surface area contributed by atoms with Gasteiger partial charge in [-0.25, -0.2) is 0 Å². The molecule has 0 saturated carbocycles. The smallest absolute Gasteiger partial charge is 0.133 e. The Hall–Kier alpha value is -1.62. The van der Waals surface area contributed by atoms with Crippen molar-refractivity contribution in [2.24, 2.45) is 0 Å². The van der Waals surface area contributed by atoms with Crippen molar-refractivity contribution < 1.29 is 14.6 Å². The van der Waals surface area contributed by atoms with Crippen LogP contribution in [0.3, 0.4) is 0 Å². The average Bonchev–Trinajstić information content (AvgIpc) is 2.93. The molecule has 3 N–H and O–H groups in total. The summed E-state index contributed by atoms with van der Waals surface area (Å²) in [6, 6.07) is 11.2. The molecule has 0 fully saturated rings. The van der Waals surface area contributed by atoms with E-state index in [2.05, 4.69) is 5.32 Å². The molecule has 0 spiro atoms. The maximum absolute atomic E-state index is 9.99. The van der Waals surface area contributed by atoms with Gasteiger partial charge in [0.15, 0.2) is 0 Å². The molecule has 1 aromatic carbocycles. The summed E-state index contributed by atoms with van der Waals surface area (Å²) in [6.07, 6.45) is 0.254. The molecule has 0 saturated heterocycles. The van der Waals surface area contributed by atoms with Crippen LogP contribution in [-0.4, -0.2) is 23.3 Å². The molecule has 4 nitrogen and oxygen atoms in total. The van der Waals surface area contributed by atoms with Crippen LogP contribution in [-0.2, 0) is 0 Å². The molecule has 2 rings (SSSR count). The first kappa shape index (κ1) is 13.8. The van der Waals surface area contributed by atoms with Gasteiger partial charge in [-0.1, -0.05) is 29.8 Å². The van der Waals surface area contributed by atoms with Gasteiger partial charge in [-0.15, -0.1) is 0 Å². The van der Waals surface area contributed by atoms with Gasteiger partial charge >= 0.3 is 0 Å². The number of rotatable bonds is 6. The van der Waals surface area contributed by atoms with E-state index >= 15 is 0 Å². The first-order valence-electron chi connectivity index (χ1n) is 6.33. The molecule has 1 aromatic heterocycles. The highest BCUT2D eigenvalue weighted by Gasteiger charge is 2.11. The van der Waals surface area contributed by atoms with E-state index < -0.39 is 12.2 Å². The normalized spacial score (nSPS) is 14.3. The zero-order valence-corrected chi connectivity index (χ0v) is 10.9. The lowest BCUT2D eigenvalue weighted by Gasteiger charge is -2.14. The molecule has 4 heteroatoms. The minimum absolute atomic E-state index is 0.344. The van der Waals surface area contributed by atoms with Gasteiger partial charge in [0.25, 0.3) is 0 Å². The lowest BCUT2D eigenvalue weighted by molar-refractivity contribution is 0.131. The van der Waals surface area contributed by atoms with Crippen molar-refractivity contribution in [2.75, 3.05) is 13.1 Å².